The highest BCUT2D eigenvalue weighted by Crippen LogP contribution is 2.51. The molecule has 2 fully saturated rings. The molecule has 0 N–H and O–H groups in total. The Labute approximate surface area is 88.9 Å². The van der Waals surface area contributed by atoms with Crippen LogP contribution in [-0.2, 0) is 0 Å². The van der Waals surface area contributed by atoms with Gasteiger partial charge in [-0.15, -0.1) is 0 Å². The SMILES string of the molecule is CC(C)C12CCCCC1CN(C)CC2. The minimum atomic E-state index is 0.713. The zero-order chi connectivity index (χ0) is 10.2. The topological polar surface area (TPSA) is 3.24 Å². The molecule has 2 unspecified atom stereocenters. The maximum Gasteiger partial charge on any atom is 0.00120 e. The molecule has 0 radical (unpaired) electrons. The first-order valence-electron chi connectivity index (χ1n) is 6.34. The minimum absolute atomic E-state index is 0.713. The molecule has 1 aliphatic heterocycles. The summed E-state index contributed by atoms with van der Waals surface area (Å²) >= 11 is 0. The van der Waals surface area contributed by atoms with Crippen molar-refractivity contribution < 1.29 is 0 Å². The Morgan fingerprint density at radius 3 is 2.71 bits per heavy atom. The highest BCUT2D eigenvalue weighted by Gasteiger charge is 2.45. The molecule has 1 heterocycles. The van der Waals surface area contributed by atoms with Gasteiger partial charge < -0.3 is 4.90 Å². The maximum absolute atomic E-state index is 2.54. The van der Waals surface area contributed by atoms with E-state index in [1.165, 1.54) is 45.2 Å². The van der Waals surface area contributed by atoms with E-state index in [1.54, 1.807) is 0 Å². The average Bonchev–Trinajstić information content (AvgIpc) is 2.17. The summed E-state index contributed by atoms with van der Waals surface area (Å²) in [6.07, 6.45) is 7.41. The van der Waals surface area contributed by atoms with E-state index in [-0.39, 0.29) is 0 Å². The van der Waals surface area contributed by atoms with Gasteiger partial charge in [0.1, 0.15) is 0 Å². The number of piperidine rings is 1. The van der Waals surface area contributed by atoms with Gasteiger partial charge in [-0.2, -0.15) is 0 Å². The Balaban J connectivity index is 2.16. The molecule has 2 aliphatic rings. The molecule has 2 rings (SSSR count). The van der Waals surface area contributed by atoms with Gasteiger partial charge in [-0.3, -0.25) is 0 Å². The van der Waals surface area contributed by atoms with Crippen LogP contribution in [0.15, 0.2) is 0 Å². The third kappa shape index (κ3) is 1.60. The number of rotatable bonds is 1. The van der Waals surface area contributed by atoms with E-state index in [0.29, 0.717) is 5.41 Å². The average molecular weight is 195 g/mol. The normalized spacial score (nSPS) is 39.9. The Morgan fingerprint density at radius 2 is 2.00 bits per heavy atom. The zero-order valence-electron chi connectivity index (χ0n) is 10.1. The summed E-state index contributed by atoms with van der Waals surface area (Å²) in [6.45, 7) is 7.58. The fourth-order valence-corrected chi connectivity index (χ4v) is 3.85. The van der Waals surface area contributed by atoms with Crippen molar-refractivity contribution in [3.05, 3.63) is 0 Å². The predicted molar refractivity (Wildman–Crippen MR) is 61.3 cm³/mol. The molecule has 1 saturated carbocycles. The minimum Gasteiger partial charge on any atom is -0.306 e. The van der Waals surface area contributed by atoms with Gasteiger partial charge in [-0.05, 0) is 50.1 Å². The molecule has 0 bridgehead atoms. The van der Waals surface area contributed by atoms with Gasteiger partial charge in [-0.25, -0.2) is 0 Å². The van der Waals surface area contributed by atoms with E-state index in [2.05, 4.69) is 25.8 Å². The summed E-state index contributed by atoms with van der Waals surface area (Å²) in [5, 5.41) is 0. The second kappa shape index (κ2) is 3.84. The van der Waals surface area contributed by atoms with Crippen molar-refractivity contribution in [1.82, 2.24) is 4.90 Å². The van der Waals surface area contributed by atoms with Gasteiger partial charge in [0.2, 0.25) is 0 Å². The molecule has 1 nitrogen and oxygen atoms in total. The monoisotopic (exact) mass is 195 g/mol. The Hall–Kier alpha value is -0.0400. The number of nitrogens with zero attached hydrogens (tertiary/aromatic N) is 1. The van der Waals surface area contributed by atoms with Crippen LogP contribution in [0, 0.1) is 17.3 Å². The molecule has 14 heavy (non-hydrogen) atoms. The van der Waals surface area contributed by atoms with Gasteiger partial charge >= 0.3 is 0 Å². The van der Waals surface area contributed by atoms with Gasteiger partial charge in [0, 0.05) is 6.54 Å². The van der Waals surface area contributed by atoms with Crippen molar-refractivity contribution in [3.8, 4) is 0 Å². The zero-order valence-corrected chi connectivity index (χ0v) is 10.1. The lowest BCUT2D eigenvalue weighted by Gasteiger charge is -2.52. The molecule has 2 atom stereocenters. The quantitative estimate of drug-likeness (QED) is 0.621. The summed E-state index contributed by atoms with van der Waals surface area (Å²) in [6, 6.07) is 0. The van der Waals surface area contributed by atoms with Crippen LogP contribution in [0.25, 0.3) is 0 Å². The lowest BCUT2D eigenvalue weighted by Crippen LogP contribution is -2.50. The van der Waals surface area contributed by atoms with E-state index >= 15 is 0 Å². The molecule has 0 amide bonds. The first-order chi connectivity index (χ1) is 6.65. The Bertz CT molecular complexity index is 199. The van der Waals surface area contributed by atoms with Gasteiger partial charge in [0.05, 0.1) is 0 Å². The number of fused-ring (bicyclic) bond motifs is 1. The largest absolute Gasteiger partial charge is 0.306 e. The van der Waals surface area contributed by atoms with Crippen LogP contribution in [0.3, 0.4) is 0 Å². The molecule has 0 aromatic rings. The van der Waals surface area contributed by atoms with Crippen LogP contribution < -0.4 is 0 Å². The predicted octanol–water partition coefficient (Wildman–Crippen LogP) is 3.15. The van der Waals surface area contributed by atoms with E-state index in [9.17, 15) is 0 Å². The summed E-state index contributed by atoms with van der Waals surface area (Å²) in [5.41, 5.74) is 0.713. The third-order valence-electron chi connectivity index (χ3n) is 4.90. The summed E-state index contributed by atoms with van der Waals surface area (Å²) < 4.78 is 0. The van der Waals surface area contributed by atoms with Crippen LogP contribution in [0.5, 0.6) is 0 Å². The molecule has 0 aromatic carbocycles. The standard InChI is InChI=1S/C13H25N/c1-11(2)13-7-5-4-6-12(13)10-14(3)9-8-13/h11-12H,4-10H2,1-3H3. The molecular formula is C13H25N. The highest BCUT2D eigenvalue weighted by molar-refractivity contribution is 4.96. The Morgan fingerprint density at radius 1 is 1.21 bits per heavy atom. The fraction of sp³-hybridized carbons (Fsp3) is 1.00. The third-order valence-corrected chi connectivity index (χ3v) is 4.90. The molecule has 1 heteroatoms. The second-order valence-electron chi connectivity index (χ2n) is 5.84. The number of hydrogen-bond donors (Lipinski definition) is 0. The molecule has 0 aromatic heterocycles. The van der Waals surface area contributed by atoms with Gasteiger partial charge in [0.25, 0.3) is 0 Å². The fourth-order valence-electron chi connectivity index (χ4n) is 3.85. The van der Waals surface area contributed by atoms with Crippen molar-refractivity contribution in [2.45, 2.75) is 46.0 Å². The van der Waals surface area contributed by atoms with Crippen LogP contribution in [0.4, 0.5) is 0 Å². The van der Waals surface area contributed by atoms with Crippen LogP contribution >= 0.6 is 0 Å². The maximum atomic E-state index is 2.54. The number of hydrogen-bond acceptors (Lipinski definition) is 1. The Kier molecular flexibility index (Phi) is 2.88. The summed E-state index contributed by atoms with van der Waals surface area (Å²) in [7, 11) is 2.29. The van der Waals surface area contributed by atoms with Crippen molar-refractivity contribution in [3.63, 3.8) is 0 Å². The van der Waals surface area contributed by atoms with Crippen LogP contribution in [-0.4, -0.2) is 25.0 Å². The molecule has 82 valence electrons. The molecular weight excluding hydrogens is 170 g/mol. The lowest BCUT2D eigenvalue weighted by molar-refractivity contribution is -0.0283. The van der Waals surface area contributed by atoms with Gasteiger partial charge in [0.15, 0.2) is 0 Å². The van der Waals surface area contributed by atoms with Crippen molar-refractivity contribution in [1.29, 1.82) is 0 Å². The molecule has 1 saturated heterocycles. The van der Waals surface area contributed by atoms with Crippen molar-refractivity contribution >= 4 is 0 Å². The summed E-state index contributed by atoms with van der Waals surface area (Å²) in [4.78, 5) is 2.54. The van der Waals surface area contributed by atoms with Gasteiger partial charge in [-0.1, -0.05) is 26.7 Å². The first kappa shape index (κ1) is 10.5. The second-order valence-corrected chi connectivity index (χ2v) is 5.84. The molecule has 1 aliphatic carbocycles. The van der Waals surface area contributed by atoms with E-state index in [1.807, 2.05) is 0 Å². The summed E-state index contributed by atoms with van der Waals surface area (Å²) in [5.74, 6) is 1.89. The molecule has 0 spiro atoms. The van der Waals surface area contributed by atoms with E-state index in [0.717, 1.165) is 11.8 Å². The van der Waals surface area contributed by atoms with Crippen molar-refractivity contribution in [2.75, 3.05) is 20.1 Å². The highest BCUT2D eigenvalue weighted by atomic mass is 15.1. The van der Waals surface area contributed by atoms with Crippen molar-refractivity contribution in [2.24, 2.45) is 17.3 Å². The van der Waals surface area contributed by atoms with E-state index < -0.39 is 0 Å². The van der Waals surface area contributed by atoms with Crippen LogP contribution in [0.1, 0.15) is 46.0 Å². The smallest absolute Gasteiger partial charge is 0.00120 e. The van der Waals surface area contributed by atoms with Crippen LogP contribution in [0.2, 0.25) is 0 Å². The van der Waals surface area contributed by atoms with E-state index in [4.69, 9.17) is 0 Å². The first-order valence-corrected chi connectivity index (χ1v) is 6.34. The lowest BCUT2D eigenvalue weighted by atomic mass is 9.57. The number of likely N-dealkylation sites (tertiary alicyclic amines) is 1.